The summed E-state index contributed by atoms with van der Waals surface area (Å²) in [6, 6.07) is 15.4. The molecule has 1 unspecified atom stereocenters. The molecule has 2 aromatic carbocycles. The second kappa shape index (κ2) is 10.0. The maximum atomic E-state index is 12.4. The predicted octanol–water partition coefficient (Wildman–Crippen LogP) is 5.17. The van der Waals surface area contributed by atoms with E-state index in [0.29, 0.717) is 12.1 Å². The van der Waals surface area contributed by atoms with Crippen LogP contribution in [0.3, 0.4) is 0 Å². The molecule has 2 aromatic rings. The predicted molar refractivity (Wildman–Crippen MR) is 104 cm³/mol. The van der Waals surface area contributed by atoms with Crippen LogP contribution in [0.25, 0.3) is 0 Å². The van der Waals surface area contributed by atoms with Gasteiger partial charge in [0.2, 0.25) is 0 Å². The topological polar surface area (TPSA) is 46.2 Å². The van der Waals surface area contributed by atoms with Crippen LogP contribution in [0.15, 0.2) is 48.5 Å². The standard InChI is InChI=1S/C18H18BrNO2.C2H6/c1-12-7-3-6-10-16(12)20-11-14-8-4-5-9-15(14)18(22)17(19)13(2)21;1-2/h3-10,17,20H,11H2,1-2H3;1-2H3. The molecular weight excluding hydrogens is 366 g/mol. The van der Waals surface area contributed by atoms with Crippen molar-refractivity contribution in [2.45, 2.75) is 39.1 Å². The lowest BCUT2D eigenvalue weighted by atomic mass is 10.00. The first kappa shape index (κ1) is 20.1. The number of alkyl halides is 1. The monoisotopic (exact) mass is 389 g/mol. The van der Waals surface area contributed by atoms with Gasteiger partial charge in [0.15, 0.2) is 11.6 Å². The molecule has 3 nitrogen and oxygen atoms in total. The average molecular weight is 390 g/mol. The van der Waals surface area contributed by atoms with Crippen LogP contribution < -0.4 is 5.32 Å². The first-order chi connectivity index (χ1) is 11.5. The fourth-order valence-electron chi connectivity index (χ4n) is 2.20. The Morgan fingerprint density at radius 3 is 2.25 bits per heavy atom. The lowest BCUT2D eigenvalue weighted by Crippen LogP contribution is -2.23. The average Bonchev–Trinajstić information content (AvgIpc) is 2.61. The van der Waals surface area contributed by atoms with Crippen molar-refractivity contribution in [1.29, 1.82) is 0 Å². The molecule has 0 spiro atoms. The molecule has 2 rings (SSSR count). The highest BCUT2D eigenvalue weighted by atomic mass is 79.9. The number of nitrogens with one attached hydrogen (secondary N) is 1. The van der Waals surface area contributed by atoms with Crippen LogP contribution in [0.5, 0.6) is 0 Å². The summed E-state index contributed by atoms with van der Waals surface area (Å²) in [6.07, 6.45) is 0. The second-order valence-electron chi connectivity index (χ2n) is 5.16. The number of anilines is 1. The van der Waals surface area contributed by atoms with E-state index in [4.69, 9.17) is 0 Å². The molecule has 0 bridgehead atoms. The molecule has 128 valence electrons. The number of halogens is 1. The number of ketones is 2. The Hall–Kier alpha value is -1.94. The third-order valence-electron chi connectivity index (χ3n) is 3.48. The van der Waals surface area contributed by atoms with Gasteiger partial charge in [0.05, 0.1) is 0 Å². The van der Waals surface area contributed by atoms with Crippen LogP contribution in [-0.4, -0.2) is 16.4 Å². The lowest BCUT2D eigenvalue weighted by molar-refractivity contribution is -0.115. The zero-order valence-corrected chi connectivity index (χ0v) is 16.2. The highest BCUT2D eigenvalue weighted by Gasteiger charge is 2.23. The van der Waals surface area contributed by atoms with Crippen molar-refractivity contribution in [2.24, 2.45) is 0 Å². The molecular formula is C20H24BrNO2. The SMILES string of the molecule is CC.CC(=O)C(Br)C(=O)c1ccccc1CNc1ccccc1C. The summed E-state index contributed by atoms with van der Waals surface area (Å²) < 4.78 is 0. The van der Waals surface area contributed by atoms with E-state index in [1.807, 2.05) is 63.2 Å². The maximum Gasteiger partial charge on any atom is 0.184 e. The summed E-state index contributed by atoms with van der Waals surface area (Å²) in [5.41, 5.74) is 3.63. The summed E-state index contributed by atoms with van der Waals surface area (Å²) in [4.78, 5) is 23.0. The molecule has 0 radical (unpaired) electrons. The number of para-hydroxylation sites is 1. The maximum absolute atomic E-state index is 12.4. The van der Waals surface area contributed by atoms with E-state index in [2.05, 4.69) is 21.2 Å². The molecule has 0 aromatic heterocycles. The Labute approximate surface area is 152 Å². The molecule has 0 aliphatic heterocycles. The van der Waals surface area contributed by atoms with Gasteiger partial charge in [-0.05, 0) is 31.0 Å². The van der Waals surface area contributed by atoms with Crippen molar-refractivity contribution in [1.82, 2.24) is 0 Å². The molecule has 0 saturated heterocycles. The van der Waals surface area contributed by atoms with Crippen molar-refractivity contribution in [3.05, 3.63) is 65.2 Å². The van der Waals surface area contributed by atoms with Crippen molar-refractivity contribution < 1.29 is 9.59 Å². The van der Waals surface area contributed by atoms with Crippen molar-refractivity contribution in [3.63, 3.8) is 0 Å². The molecule has 0 aliphatic rings. The van der Waals surface area contributed by atoms with Crippen LogP contribution in [0.4, 0.5) is 5.69 Å². The van der Waals surface area contributed by atoms with Crippen molar-refractivity contribution in [3.8, 4) is 0 Å². The summed E-state index contributed by atoms with van der Waals surface area (Å²) in [5, 5.41) is 3.34. The summed E-state index contributed by atoms with van der Waals surface area (Å²) in [7, 11) is 0. The van der Waals surface area contributed by atoms with Crippen LogP contribution in [-0.2, 0) is 11.3 Å². The Balaban J connectivity index is 0.00000139. The van der Waals surface area contributed by atoms with Crippen LogP contribution >= 0.6 is 15.9 Å². The summed E-state index contributed by atoms with van der Waals surface area (Å²) in [6.45, 7) is 7.97. The van der Waals surface area contributed by atoms with Crippen LogP contribution in [0.1, 0.15) is 42.3 Å². The number of aryl methyl sites for hydroxylation is 1. The summed E-state index contributed by atoms with van der Waals surface area (Å²) >= 11 is 3.17. The highest BCUT2D eigenvalue weighted by Crippen LogP contribution is 2.19. The Kier molecular flexibility index (Phi) is 8.41. The van der Waals surface area contributed by atoms with Gasteiger partial charge in [-0.15, -0.1) is 0 Å². The number of hydrogen-bond acceptors (Lipinski definition) is 3. The van der Waals surface area contributed by atoms with Gasteiger partial charge in [0.25, 0.3) is 0 Å². The number of carbonyl (C=O) groups excluding carboxylic acids is 2. The Morgan fingerprint density at radius 1 is 1.04 bits per heavy atom. The minimum absolute atomic E-state index is 0.188. The molecule has 0 saturated carbocycles. The quantitative estimate of drug-likeness (QED) is 0.421. The van der Waals surface area contributed by atoms with E-state index < -0.39 is 4.83 Å². The van der Waals surface area contributed by atoms with E-state index >= 15 is 0 Å². The van der Waals surface area contributed by atoms with Gasteiger partial charge < -0.3 is 5.32 Å². The zero-order chi connectivity index (χ0) is 18.1. The molecule has 1 atom stereocenters. The molecule has 0 aliphatic carbocycles. The third kappa shape index (κ3) is 5.31. The van der Waals surface area contributed by atoms with Gasteiger partial charge in [0.1, 0.15) is 4.83 Å². The van der Waals surface area contributed by atoms with E-state index in [-0.39, 0.29) is 11.6 Å². The van der Waals surface area contributed by atoms with E-state index in [1.54, 1.807) is 6.07 Å². The number of Topliss-reactive ketones (excluding diaryl/α,β-unsaturated/α-hetero) is 2. The van der Waals surface area contributed by atoms with E-state index in [9.17, 15) is 9.59 Å². The van der Waals surface area contributed by atoms with Gasteiger partial charge in [-0.2, -0.15) is 0 Å². The van der Waals surface area contributed by atoms with Crippen molar-refractivity contribution >= 4 is 33.2 Å². The lowest BCUT2D eigenvalue weighted by Gasteiger charge is -2.13. The molecule has 1 N–H and O–H groups in total. The van der Waals surface area contributed by atoms with E-state index in [1.165, 1.54) is 6.92 Å². The number of benzene rings is 2. The summed E-state index contributed by atoms with van der Waals surface area (Å²) in [5.74, 6) is -0.388. The Morgan fingerprint density at radius 2 is 1.62 bits per heavy atom. The Bertz CT molecular complexity index is 698. The minimum atomic E-state index is -0.785. The number of rotatable bonds is 6. The molecule has 4 heteroatoms. The van der Waals surface area contributed by atoms with Crippen molar-refractivity contribution in [2.75, 3.05) is 5.32 Å². The normalized spacial score (nSPS) is 11.0. The van der Waals surface area contributed by atoms with Gasteiger partial charge in [-0.25, -0.2) is 0 Å². The fourth-order valence-corrected chi connectivity index (χ4v) is 2.44. The largest absolute Gasteiger partial charge is 0.381 e. The second-order valence-corrected chi connectivity index (χ2v) is 6.08. The molecule has 0 heterocycles. The minimum Gasteiger partial charge on any atom is -0.381 e. The number of carbonyl (C=O) groups is 2. The van der Waals surface area contributed by atoms with Gasteiger partial charge in [0, 0.05) is 17.8 Å². The van der Waals surface area contributed by atoms with Gasteiger partial charge in [-0.1, -0.05) is 72.2 Å². The van der Waals surface area contributed by atoms with Crippen LogP contribution in [0, 0.1) is 6.92 Å². The van der Waals surface area contributed by atoms with Crippen LogP contribution in [0.2, 0.25) is 0 Å². The van der Waals surface area contributed by atoms with Gasteiger partial charge in [-0.3, -0.25) is 9.59 Å². The number of hydrogen-bond donors (Lipinski definition) is 1. The highest BCUT2D eigenvalue weighted by molar-refractivity contribution is 9.10. The van der Waals surface area contributed by atoms with Gasteiger partial charge >= 0.3 is 0 Å². The first-order valence-electron chi connectivity index (χ1n) is 8.07. The fraction of sp³-hybridized carbons (Fsp3) is 0.300. The van der Waals surface area contributed by atoms with E-state index in [0.717, 1.165) is 16.8 Å². The smallest absolute Gasteiger partial charge is 0.184 e. The molecule has 0 fully saturated rings. The third-order valence-corrected chi connectivity index (χ3v) is 4.54. The molecule has 24 heavy (non-hydrogen) atoms. The zero-order valence-electron chi connectivity index (χ0n) is 14.6. The first-order valence-corrected chi connectivity index (χ1v) is 8.98. The molecule has 0 amide bonds.